The topological polar surface area (TPSA) is 53.6 Å². The van der Waals surface area contributed by atoms with E-state index >= 15 is 0 Å². The molecule has 0 amide bonds. The van der Waals surface area contributed by atoms with Crippen LogP contribution >= 0.6 is 15.9 Å². The first-order valence-corrected chi connectivity index (χ1v) is 8.43. The Morgan fingerprint density at radius 1 is 1.38 bits per heavy atom. The van der Waals surface area contributed by atoms with Gasteiger partial charge in [-0.15, -0.1) is 0 Å². The molecule has 0 saturated carbocycles. The van der Waals surface area contributed by atoms with Crippen molar-refractivity contribution in [3.05, 3.63) is 16.4 Å². The Labute approximate surface area is 135 Å². The number of hydrogen-bond donors (Lipinski definition) is 1. The van der Waals surface area contributed by atoms with Crippen molar-refractivity contribution in [3.8, 4) is 0 Å². The lowest BCUT2D eigenvalue weighted by Gasteiger charge is -2.49. The molecule has 6 nitrogen and oxygen atoms in total. The Bertz CT molecular complexity index is 480. The SMILES string of the molecule is CN(C)CCn1ncc(Br)c1C(N)C1CN2CCN1CC2. The van der Waals surface area contributed by atoms with Crippen LogP contribution in [0.3, 0.4) is 0 Å². The second-order valence-corrected chi connectivity index (χ2v) is 7.19. The average Bonchev–Trinajstić information content (AvgIpc) is 2.86. The van der Waals surface area contributed by atoms with Gasteiger partial charge in [-0.05, 0) is 30.0 Å². The van der Waals surface area contributed by atoms with Crippen molar-refractivity contribution in [1.82, 2.24) is 24.5 Å². The van der Waals surface area contributed by atoms with Crippen molar-refractivity contribution in [1.29, 1.82) is 0 Å². The van der Waals surface area contributed by atoms with E-state index < -0.39 is 0 Å². The minimum atomic E-state index is 0.00661. The van der Waals surface area contributed by atoms with Gasteiger partial charge < -0.3 is 10.6 Å². The summed E-state index contributed by atoms with van der Waals surface area (Å²) in [5.41, 5.74) is 7.77. The van der Waals surface area contributed by atoms with E-state index in [9.17, 15) is 0 Å². The molecule has 1 aromatic heterocycles. The van der Waals surface area contributed by atoms with Crippen LogP contribution in [-0.2, 0) is 6.54 Å². The van der Waals surface area contributed by atoms with E-state index in [1.165, 1.54) is 13.1 Å². The Morgan fingerprint density at radius 2 is 2.10 bits per heavy atom. The second kappa shape index (κ2) is 6.34. The highest BCUT2D eigenvalue weighted by Gasteiger charge is 2.37. The summed E-state index contributed by atoms with van der Waals surface area (Å²) >= 11 is 3.64. The van der Waals surface area contributed by atoms with Crippen molar-refractivity contribution < 1.29 is 0 Å². The normalized spacial score (nSPS) is 30.0. The third kappa shape index (κ3) is 3.17. The molecule has 21 heavy (non-hydrogen) atoms. The fourth-order valence-corrected chi connectivity index (χ4v) is 3.92. The third-order valence-electron chi connectivity index (χ3n) is 4.64. The number of hydrogen-bond acceptors (Lipinski definition) is 5. The van der Waals surface area contributed by atoms with Gasteiger partial charge in [0, 0.05) is 45.3 Å². The molecule has 1 aromatic rings. The Hall–Kier alpha value is -0.470. The molecule has 4 rings (SSSR count). The number of aromatic nitrogens is 2. The lowest BCUT2D eigenvalue weighted by Crippen LogP contribution is -2.63. The van der Waals surface area contributed by atoms with Crippen LogP contribution in [0.2, 0.25) is 0 Å². The van der Waals surface area contributed by atoms with Gasteiger partial charge >= 0.3 is 0 Å². The molecule has 2 atom stereocenters. The van der Waals surface area contributed by atoms with E-state index in [0.29, 0.717) is 6.04 Å². The molecule has 2 N–H and O–H groups in total. The van der Waals surface area contributed by atoms with Crippen LogP contribution in [0, 0.1) is 0 Å². The fourth-order valence-electron chi connectivity index (χ4n) is 3.36. The number of nitrogens with zero attached hydrogens (tertiary/aromatic N) is 5. The summed E-state index contributed by atoms with van der Waals surface area (Å²) in [5, 5.41) is 4.50. The number of likely N-dealkylation sites (N-methyl/N-ethyl adjacent to an activating group) is 1. The summed E-state index contributed by atoms with van der Waals surface area (Å²) in [5.74, 6) is 0. The summed E-state index contributed by atoms with van der Waals surface area (Å²) in [7, 11) is 4.16. The third-order valence-corrected chi connectivity index (χ3v) is 5.25. The molecule has 0 aromatic carbocycles. The fraction of sp³-hybridized carbons (Fsp3) is 0.786. The maximum atomic E-state index is 6.64. The number of nitrogens with two attached hydrogens (primary N) is 1. The quantitative estimate of drug-likeness (QED) is 0.817. The molecule has 3 aliphatic heterocycles. The van der Waals surface area contributed by atoms with Crippen LogP contribution in [-0.4, -0.2) is 83.9 Å². The highest BCUT2D eigenvalue weighted by atomic mass is 79.9. The van der Waals surface area contributed by atoms with Gasteiger partial charge in [-0.1, -0.05) is 0 Å². The molecule has 2 bridgehead atoms. The minimum absolute atomic E-state index is 0.00661. The molecule has 118 valence electrons. The average molecular weight is 357 g/mol. The van der Waals surface area contributed by atoms with Gasteiger partial charge in [0.05, 0.1) is 29.0 Å². The zero-order valence-corrected chi connectivity index (χ0v) is 14.5. The van der Waals surface area contributed by atoms with Crippen molar-refractivity contribution >= 4 is 15.9 Å². The Kier molecular flexibility index (Phi) is 4.66. The lowest BCUT2D eigenvalue weighted by molar-refractivity contribution is 0.000875. The van der Waals surface area contributed by atoms with Crippen molar-refractivity contribution in [3.63, 3.8) is 0 Å². The molecular weight excluding hydrogens is 332 g/mol. The van der Waals surface area contributed by atoms with Gasteiger partial charge in [-0.2, -0.15) is 5.10 Å². The highest BCUT2D eigenvalue weighted by molar-refractivity contribution is 9.10. The molecule has 0 aliphatic carbocycles. The van der Waals surface area contributed by atoms with Crippen LogP contribution in [0.15, 0.2) is 10.7 Å². The van der Waals surface area contributed by atoms with E-state index in [1.807, 2.05) is 6.20 Å². The second-order valence-electron chi connectivity index (χ2n) is 6.33. The van der Waals surface area contributed by atoms with E-state index in [-0.39, 0.29) is 6.04 Å². The summed E-state index contributed by atoms with van der Waals surface area (Å²) in [6, 6.07) is 0.408. The van der Waals surface area contributed by atoms with Crippen LogP contribution in [0.25, 0.3) is 0 Å². The summed E-state index contributed by atoms with van der Waals surface area (Å²) in [6.07, 6.45) is 1.88. The molecular formula is C14H25BrN6. The molecule has 3 fully saturated rings. The van der Waals surface area contributed by atoms with Gasteiger partial charge in [0.1, 0.15) is 0 Å². The Balaban J connectivity index is 1.77. The van der Waals surface area contributed by atoms with Gasteiger partial charge in [-0.3, -0.25) is 14.5 Å². The zero-order valence-electron chi connectivity index (χ0n) is 12.9. The molecule has 2 unspecified atom stereocenters. The largest absolute Gasteiger partial charge is 0.321 e. The van der Waals surface area contributed by atoms with Crippen molar-refractivity contribution in [2.75, 3.05) is 53.4 Å². The van der Waals surface area contributed by atoms with Crippen LogP contribution in [0.5, 0.6) is 0 Å². The predicted molar refractivity (Wildman–Crippen MR) is 87.2 cm³/mol. The first kappa shape index (κ1) is 15.4. The van der Waals surface area contributed by atoms with Gasteiger partial charge in [-0.25, -0.2) is 0 Å². The van der Waals surface area contributed by atoms with Crippen molar-refractivity contribution in [2.24, 2.45) is 5.73 Å². The monoisotopic (exact) mass is 356 g/mol. The number of piperazine rings is 3. The van der Waals surface area contributed by atoms with Crippen LogP contribution in [0.1, 0.15) is 11.7 Å². The molecule has 4 heterocycles. The first-order chi connectivity index (χ1) is 10.1. The Morgan fingerprint density at radius 3 is 2.67 bits per heavy atom. The highest BCUT2D eigenvalue weighted by Crippen LogP contribution is 2.29. The van der Waals surface area contributed by atoms with E-state index in [4.69, 9.17) is 5.73 Å². The maximum absolute atomic E-state index is 6.64. The van der Waals surface area contributed by atoms with Crippen molar-refractivity contribution in [2.45, 2.75) is 18.6 Å². The predicted octanol–water partition coefficient (Wildman–Crippen LogP) is 0.207. The van der Waals surface area contributed by atoms with Gasteiger partial charge in [0.15, 0.2) is 0 Å². The zero-order chi connectivity index (χ0) is 15.0. The smallest absolute Gasteiger partial charge is 0.0710 e. The minimum Gasteiger partial charge on any atom is -0.321 e. The van der Waals surface area contributed by atoms with E-state index in [0.717, 1.165) is 42.9 Å². The molecule has 3 aliphatic rings. The van der Waals surface area contributed by atoms with Gasteiger partial charge in [0.25, 0.3) is 0 Å². The molecule has 0 radical (unpaired) electrons. The van der Waals surface area contributed by atoms with E-state index in [1.54, 1.807) is 0 Å². The van der Waals surface area contributed by atoms with Crippen LogP contribution in [0.4, 0.5) is 0 Å². The molecule has 3 saturated heterocycles. The first-order valence-electron chi connectivity index (χ1n) is 7.64. The lowest BCUT2D eigenvalue weighted by atomic mass is 9.98. The number of halogens is 1. The number of fused-ring (bicyclic) bond motifs is 3. The molecule has 0 spiro atoms. The summed E-state index contributed by atoms with van der Waals surface area (Å²) in [4.78, 5) is 7.24. The number of rotatable bonds is 5. The van der Waals surface area contributed by atoms with Gasteiger partial charge in [0.2, 0.25) is 0 Å². The molecule has 7 heteroatoms. The summed E-state index contributed by atoms with van der Waals surface area (Å²) in [6.45, 7) is 7.57. The summed E-state index contributed by atoms with van der Waals surface area (Å²) < 4.78 is 3.10. The van der Waals surface area contributed by atoms with E-state index in [2.05, 4.69) is 54.5 Å². The standard InChI is InChI=1S/C14H25BrN6/c1-18(2)3-8-21-14(11(15)9-17-21)13(16)12-10-19-4-6-20(12)7-5-19/h9,12-13H,3-8,10,16H2,1-2H3. The van der Waals surface area contributed by atoms with Crippen LogP contribution < -0.4 is 5.73 Å². The maximum Gasteiger partial charge on any atom is 0.0710 e.